The van der Waals surface area contributed by atoms with Gasteiger partial charge in [0.1, 0.15) is 0 Å². The van der Waals surface area contributed by atoms with E-state index < -0.39 is 5.60 Å². The van der Waals surface area contributed by atoms with Gasteiger partial charge in [-0.2, -0.15) is 0 Å². The van der Waals surface area contributed by atoms with Gasteiger partial charge in [-0.25, -0.2) is 0 Å². The Morgan fingerprint density at radius 3 is 2.25 bits per heavy atom. The van der Waals surface area contributed by atoms with Crippen molar-refractivity contribution >= 4 is 0 Å². The smallest absolute Gasteiger partial charge is 0.0880 e. The molecule has 2 nitrogen and oxygen atoms in total. The maximum Gasteiger partial charge on any atom is 0.0880 e. The molecule has 0 fully saturated rings. The normalized spacial score (nSPS) is 14.8. The molecule has 0 spiro atoms. The average molecular weight is 221 g/mol. The van der Waals surface area contributed by atoms with Crippen molar-refractivity contribution in [3.8, 4) is 0 Å². The molecule has 1 aromatic rings. The summed E-state index contributed by atoms with van der Waals surface area (Å²) in [6.45, 7) is 9.89. The highest BCUT2D eigenvalue weighted by Crippen LogP contribution is 2.25. The van der Waals surface area contributed by atoms with Gasteiger partial charge in [-0.3, -0.25) is 0 Å². The first-order valence-corrected chi connectivity index (χ1v) is 5.97. The summed E-state index contributed by atoms with van der Waals surface area (Å²) in [6.07, 6.45) is 0.740. The highest BCUT2D eigenvalue weighted by Gasteiger charge is 2.22. The van der Waals surface area contributed by atoms with Crippen molar-refractivity contribution in [3.63, 3.8) is 0 Å². The Balaban J connectivity index is 2.80. The van der Waals surface area contributed by atoms with Crippen molar-refractivity contribution in [2.24, 2.45) is 0 Å². The predicted molar refractivity (Wildman–Crippen MR) is 68.6 cm³/mol. The lowest BCUT2D eigenvalue weighted by Crippen LogP contribution is -2.28. The quantitative estimate of drug-likeness (QED) is 0.749. The second kappa shape index (κ2) is 5.46. The van der Waals surface area contributed by atoms with Crippen molar-refractivity contribution in [1.82, 2.24) is 5.32 Å². The Hall–Kier alpha value is -0.860. The number of aliphatic hydroxyl groups is 1. The van der Waals surface area contributed by atoms with Crippen molar-refractivity contribution in [2.75, 3.05) is 13.1 Å². The molecule has 0 aromatic heterocycles. The molecule has 1 rings (SSSR count). The Morgan fingerprint density at radius 1 is 1.19 bits per heavy atom. The third-order valence-electron chi connectivity index (χ3n) is 2.88. The van der Waals surface area contributed by atoms with Crippen LogP contribution in [0, 0.1) is 13.8 Å². The molecule has 1 atom stereocenters. The van der Waals surface area contributed by atoms with E-state index in [0.29, 0.717) is 0 Å². The molecule has 90 valence electrons. The molecule has 1 unspecified atom stereocenters. The van der Waals surface area contributed by atoms with Gasteiger partial charge < -0.3 is 10.4 Å². The summed E-state index contributed by atoms with van der Waals surface area (Å²) >= 11 is 0. The molecule has 16 heavy (non-hydrogen) atoms. The molecule has 0 amide bonds. The fraction of sp³-hybridized carbons (Fsp3) is 0.571. The summed E-state index contributed by atoms with van der Waals surface area (Å²) in [5.74, 6) is 0. The van der Waals surface area contributed by atoms with Gasteiger partial charge in [0, 0.05) is 0 Å². The molecule has 0 heterocycles. The molecule has 0 aliphatic carbocycles. The van der Waals surface area contributed by atoms with E-state index >= 15 is 0 Å². The second-order valence-corrected chi connectivity index (χ2v) is 4.75. The van der Waals surface area contributed by atoms with Crippen molar-refractivity contribution in [2.45, 2.75) is 39.7 Å². The highest BCUT2D eigenvalue weighted by molar-refractivity contribution is 5.32. The van der Waals surface area contributed by atoms with Crippen LogP contribution in [0.25, 0.3) is 0 Å². The van der Waals surface area contributed by atoms with Crippen LogP contribution in [0.4, 0.5) is 0 Å². The fourth-order valence-corrected chi connectivity index (χ4v) is 1.94. The number of benzene rings is 1. The first kappa shape index (κ1) is 13.2. The van der Waals surface area contributed by atoms with Crippen LogP contribution in [-0.4, -0.2) is 18.2 Å². The Kier molecular flexibility index (Phi) is 4.51. The molecule has 0 saturated carbocycles. The number of rotatable bonds is 5. The second-order valence-electron chi connectivity index (χ2n) is 4.75. The van der Waals surface area contributed by atoms with Gasteiger partial charge in [0.2, 0.25) is 0 Å². The molecule has 2 N–H and O–H groups in total. The molecule has 0 radical (unpaired) electrons. The molecule has 0 saturated heterocycles. The fourth-order valence-electron chi connectivity index (χ4n) is 1.94. The number of aryl methyl sites for hydroxylation is 2. The summed E-state index contributed by atoms with van der Waals surface area (Å²) in [7, 11) is 0. The minimum atomic E-state index is -0.737. The minimum Gasteiger partial charge on any atom is -0.385 e. The third kappa shape index (κ3) is 3.62. The van der Waals surface area contributed by atoms with E-state index in [9.17, 15) is 5.11 Å². The van der Waals surface area contributed by atoms with Gasteiger partial charge in [0.05, 0.1) is 5.60 Å². The third-order valence-corrected chi connectivity index (χ3v) is 2.88. The standard InChI is InChI=1S/C14H23NO/c1-5-15-7-6-14(4,16)13-9-11(2)8-12(3)10-13/h8-10,15-16H,5-7H2,1-4H3. The maximum atomic E-state index is 10.4. The van der Waals surface area contributed by atoms with Crippen LogP contribution in [0.3, 0.4) is 0 Å². The lowest BCUT2D eigenvalue weighted by atomic mass is 9.90. The molecule has 1 aromatic carbocycles. The monoisotopic (exact) mass is 221 g/mol. The predicted octanol–water partition coefficient (Wildman–Crippen LogP) is 2.51. The van der Waals surface area contributed by atoms with E-state index in [1.165, 1.54) is 11.1 Å². The topological polar surface area (TPSA) is 32.3 Å². The minimum absolute atomic E-state index is 0.737. The summed E-state index contributed by atoms with van der Waals surface area (Å²) in [4.78, 5) is 0. The van der Waals surface area contributed by atoms with Crippen LogP contribution in [0.2, 0.25) is 0 Å². The van der Waals surface area contributed by atoms with E-state index in [1.54, 1.807) is 0 Å². The van der Waals surface area contributed by atoms with E-state index in [4.69, 9.17) is 0 Å². The molecule has 0 aliphatic rings. The van der Waals surface area contributed by atoms with Gasteiger partial charge in [-0.05, 0) is 45.8 Å². The summed E-state index contributed by atoms with van der Waals surface area (Å²) < 4.78 is 0. The Morgan fingerprint density at radius 2 is 1.75 bits per heavy atom. The van der Waals surface area contributed by atoms with Gasteiger partial charge in [0.15, 0.2) is 0 Å². The molecular formula is C14H23NO. The average Bonchev–Trinajstić information content (AvgIpc) is 2.16. The van der Waals surface area contributed by atoms with E-state index in [2.05, 4.69) is 44.3 Å². The number of hydrogen-bond donors (Lipinski definition) is 2. The highest BCUT2D eigenvalue weighted by atomic mass is 16.3. The van der Waals surface area contributed by atoms with Crippen LogP contribution in [0.5, 0.6) is 0 Å². The van der Waals surface area contributed by atoms with Crippen LogP contribution in [-0.2, 0) is 5.60 Å². The molecule has 0 bridgehead atoms. The van der Waals surface area contributed by atoms with Crippen molar-refractivity contribution in [3.05, 3.63) is 34.9 Å². The first-order valence-electron chi connectivity index (χ1n) is 5.97. The molecular weight excluding hydrogens is 198 g/mol. The zero-order valence-electron chi connectivity index (χ0n) is 10.8. The molecule has 2 heteroatoms. The van der Waals surface area contributed by atoms with Gasteiger partial charge in [-0.15, -0.1) is 0 Å². The summed E-state index contributed by atoms with van der Waals surface area (Å²) in [5.41, 5.74) is 2.69. The van der Waals surface area contributed by atoms with Crippen LogP contribution in [0.15, 0.2) is 18.2 Å². The lowest BCUT2D eigenvalue weighted by molar-refractivity contribution is 0.0480. The first-order chi connectivity index (χ1) is 7.45. The van der Waals surface area contributed by atoms with Crippen LogP contribution in [0.1, 0.15) is 37.0 Å². The van der Waals surface area contributed by atoms with Gasteiger partial charge in [0.25, 0.3) is 0 Å². The Labute approximate surface area is 98.7 Å². The SMILES string of the molecule is CCNCCC(C)(O)c1cc(C)cc(C)c1. The Bertz CT molecular complexity index is 324. The summed E-state index contributed by atoms with van der Waals surface area (Å²) in [5, 5.41) is 13.7. The lowest BCUT2D eigenvalue weighted by Gasteiger charge is -2.25. The van der Waals surface area contributed by atoms with Crippen molar-refractivity contribution in [1.29, 1.82) is 0 Å². The van der Waals surface area contributed by atoms with Gasteiger partial charge in [-0.1, -0.05) is 36.2 Å². The number of nitrogens with one attached hydrogen (secondary N) is 1. The summed E-state index contributed by atoms with van der Waals surface area (Å²) in [6, 6.07) is 6.27. The molecule has 0 aliphatic heterocycles. The zero-order valence-corrected chi connectivity index (χ0v) is 10.8. The zero-order chi connectivity index (χ0) is 12.2. The van der Waals surface area contributed by atoms with Crippen LogP contribution < -0.4 is 5.32 Å². The van der Waals surface area contributed by atoms with Gasteiger partial charge >= 0.3 is 0 Å². The number of hydrogen-bond acceptors (Lipinski definition) is 2. The van der Waals surface area contributed by atoms with E-state index in [0.717, 1.165) is 25.1 Å². The van der Waals surface area contributed by atoms with E-state index in [-0.39, 0.29) is 0 Å². The maximum absolute atomic E-state index is 10.4. The van der Waals surface area contributed by atoms with Crippen LogP contribution >= 0.6 is 0 Å². The van der Waals surface area contributed by atoms with E-state index in [1.807, 2.05) is 6.92 Å². The largest absolute Gasteiger partial charge is 0.385 e. The van der Waals surface area contributed by atoms with Crippen molar-refractivity contribution < 1.29 is 5.11 Å².